The number of esters is 2. The van der Waals surface area contributed by atoms with Gasteiger partial charge >= 0.3 is 18.0 Å². The molecule has 156 valence electrons. The molecule has 0 radical (unpaired) electrons. The zero-order chi connectivity index (χ0) is 21.4. The SMILES string of the molecule is COC(=O)c1ccc(OC(=O)CN2C(=O)N[C@]3(C[C@@H](C)CC(C)(C)C3)C2=O)cc1. The van der Waals surface area contributed by atoms with Gasteiger partial charge in [0.15, 0.2) is 0 Å². The van der Waals surface area contributed by atoms with Crippen LogP contribution in [0.3, 0.4) is 0 Å². The van der Waals surface area contributed by atoms with Gasteiger partial charge in [-0.1, -0.05) is 20.8 Å². The van der Waals surface area contributed by atoms with Crippen LogP contribution in [-0.4, -0.2) is 48.0 Å². The third-order valence-electron chi connectivity index (χ3n) is 5.42. The molecular weight excluding hydrogens is 376 g/mol. The lowest BCUT2D eigenvalue weighted by Crippen LogP contribution is -2.54. The molecule has 2 atom stereocenters. The van der Waals surface area contributed by atoms with Gasteiger partial charge in [-0.25, -0.2) is 14.4 Å². The molecule has 1 N–H and O–H groups in total. The fraction of sp³-hybridized carbons (Fsp3) is 0.524. The van der Waals surface area contributed by atoms with Gasteiger partial charge in [0.2, 0.25) is 0 Å². The van der Waals surface area contributed by atoms with E-state index in [0.717, 1.165) is 11.3 Å². The lowest BCUT2D eigenvalue weighted by atomic mass is 9.64. The summed E-state index contributed by atoms with van der Waals surface area (Å²) in [4.78, 5) is 50.2. The summed E-state index contributed by atoms with van der Waals surface area (Å²) >= 11 is 0. The summed E-state index contributed by atoms with van der Waals surface area (Å²) in [6.45, 7) is 5.76. The van der Waals surface area contributed by atoms with Crippen LogP contribution >= 0.6 is 0 Å². The second-order valence-electron chi connectivity index (χ2n) is 8.75. The molecule has 0 bridgehead atoms. The molecular formula is C21H26N2O6. The molecule has 1 spiro atoms. The molecule has 3 amide bonds. The average molecular weight is 402 g/mol. The Morgan fingerprint density at radius 3 is 2.41 bits per heavy atom. The van der Waals surface area contributed by atoms with Crippen LogP contribution < -0.4 is 10.1 Å². The van der Waals surface area contributed by atoms with Crippen molar-refractivity contribution in [2.45, 2.75) is 45.6 Å². The number of hydrogen-bond donors (Lipinski definition) is 1. The van der Waals surface area contributed by atoms with Crippen molar-refractivity contribution < 1.29 is 28.7 Å². The van der Waals surface area contributed by atoms with E-state index in [4.69, 9.17) is 4.74 Å². The number of benzene rings is 1. The molecule has 29 heavy (non-hydrogen) atoms. The Bertz CT molecular complexity index is 847. The smallest absolute Gasteiger partial charge is 0.337 e. The van der Waals surface area contributed by atoms with E-state index in [1.54, 1.807) is 0 Å². The van der Waals surface area contributed by atoms with Crippen molar-refractivity contribution in [3.63, 3.8) is 0 Å². The van der Waals surface area contributed by atoms with Crippen LogP contribution in [0.2, 0.25) is 0 Å². The summed E-state index contributed by atoms with van der Waals surface area (Å²) in [7, 11) is 1.27. The number of amides is 3. The Hall–Kier alpha value is -2.90. The van der Waals surface area contributed by atoms with Crippen molar-refractivity contribution in [2.24, 2.45) is 11.3 Å². The highest BCUT2D eigenvalue weighted by Gasteiger charge is 2.56. The summed E-state index contributed by atoms with van der Waals surface area (Å²) in [5, 5.41) is 2.83. The topological polar surface area (TPSA) is 102 Å². The number of nitrogens with zero attached hydrogens (tertiary/aromatic N) is 1. The molecule has 0 unspecified atom stereocenters. The molecule has 1 saturated carbocycles. The Morgan fingerprint density at radius 1 is 1.17 bits per heavy atom. The van der Waals surface area contributed by atoms with E-state index in [0.29, 0.717) is 18.4 Å². The Labute approximate surface area is 169 Å². The highest BCUT2D eigenvalue weighted by Crippen LogP contribution is 2.46. The first-order valence-electron chi connectivity index (χ1n) is 9.58. The fourth-order valence-electron chi connectivity index (χ4n) is 4.72. The first kappa shape index (κ1) is 20.8. The van der Waals surface area contributed by atoms with Crippen molar-refractivity contribution in [1.29, 1.82) is 0 Å². The van der Waals surface area contributed by atoms with Crippen LogP contribution in [0.5, 0.6) is 5.75 Å². The normalized spacial score (nSPS) is 25.7. The van der Waals surface area contributed by atoms with Crippen molar-refractivity contribution in [3.8, 4) is 5.75 Å². The van der Waals surface area contributed by atoms with Gasteiger partial charge in [0.25, 0.3) is 5.91 Å². The third kappa shape index (κ3) is 4.26. The van der Waals surface area contributed by atoms with Gasteiger partial charge < -0.3 is 14.8 Å². The first-order chi connectivity index (χ1) is 13.5. The van der Waals surface area contributed by atoms with E-state index in [2.05, 4.69) is 30.8 Å². The molecule has 8 nitrogen and oxygen atoms in total. The van der Waals surface area contributed by atoms with Gasteiger partial charge in [0.1, 0.15) is 17.8 Å². The number of ether oxygens (including phenoxy) is 2. The summed E-state index contributed by atoms with van der Waals surface area (Å²) in [6.07, 6.45) is 2.07. The second-order valence-corrected chi connectivity index (χ2v) is 8.75. The van der Waals surface area contributed by atoms with E-state index in [-0.39, 0.29) is 23.0 Å². The first-order valence-corrected chi connectivity index (χ1v) is 9.58. The lowest BCUT2D eigenvalue weighted by molar-refractivity contribution is -0.142. The Morgan fingerprint density at radius 2 is 1.83 bits per heavy atom. The predicted molar refractivity (Wildman–Crippen MR) is 103 cm³/mol. The van der Waals surface area contributed by atoms with Crippen molar-refractivity contribution in [2.75, 3.05) is 13.7 Å². The third-order valence-corrected chi connectivity index (χ3v) is 5.42. The maximum absolute atomic E-state index is 13.1. The molecule has 1 saturated heterocycles. The van der Waals surface area contributed by atoms with E-state index in [1.165, 1.54) is 31.4 Å². The van der Waals surface area contributed by atoms with Crippen LogP contribution in [0, 0.1) is 11.3 Å². The molecule has 1 heterocycles. The van der Waals surface area contributed by atoms with E-state index < -0.39 is 30.1 Å². The summed E-state index contributed by atoms with van der Waals surface area (Å²) in [6, 6.07) is 5.25. The van der Waals surface area contributed by atoms with E-state index >= 15 is 0 Å². The predicted octanol–water partition coefficient (Wildman–Crippen LogP) is 2.52. The summed E-state index contributed by atoms with van der Waals surface area (Å²) < 4.78 is 9.83. The summed E-state index contributed by atoms with van der Waals surface area (Å²) in [5.74, 6) is -1.13. The molecule has 1 aliphatic carbocycles. The molecule has 1 aromatic carbocycles. The molecule has 3 rings (SSSR count). The Balaban J connectivity index is 1.67. The van der Waals surface area contributed by atoms with Crippen LogP contribution in [-0.2, 0) is 14.3 Å². The van der Waals surface area contributed by atoms with Crippen LogP contribution in [0.15, 0.2) is 24.3 Å². The molecule has 8 heteroatoms. The maximum Gasteiger partial charge on any atom is 0.337 e. The summed E-state index contributed by atoms with van der Waals surface area (Å²) in [5.41, 5.74) is -0.725. The Kier molecular flexibility index (Phi) is 5.38. The van der Waals surface area contributed by atoms with Gasteiger partial charge in [-0.2, -0.15) is 0 Å². The van der Waals surface area contributed by atoms with Gasteiger partial charge in [-0.15, -0.1) is 0 Å². The monoisotopic (exact) mass is 402 g/mol. The molecule has 2 aliphatic rings. The van der Waals surface area contributed by atoms with Gasteiger partial charge in [0.05, 0.1) is 12.7 Å². The molecule has 0 aromatic heterocycles. The van der Waals surface area contributed by atoms with Gasteiger partial charge in [-0.3, -0.25) is 9.69 Å². The number of hydrogen-bond acceptors (Lipinski definition) is 6. The molecule has 1 aliphatic heterocycles. The largest absolute Gasteiger partial charge is 0.465 e. The van der Waals surface area contributed by atoms with E-state index in [1.807, 2.05) is 0 Å². The fourth-order valence-corrected chi connectivity index (χ4v) is 4.72. The van der Waals surface area contributed by atoms with Crippen LogP contribution in [0.4, 0.5) is 4.79 Å². The number of imide groups is 1. The van der Waals surface area contributed by atoms with Gasteiger partial charge in [-0.05, 0) is 54.9 Å². The number of rotatable bonds is 4. The lowest BCUT2D eigenvalue weighted by Gasteiger charge is -2.43. The zero-order valence-corrected chi connectivity index (χ0v) is 17.1. The molecule has 2 fully saturated rings. The standard InChI is InChI=1S/C21H26N2O6/c1-13-9-20(2,3)12-21(10-13)18(26)23(19(27)22-21)11-16(24)29-15-7-5-14(6-8-15)17(25)28-4/h5-8,13H,9-12H2,1-4H3,(H,22,27)/t13-,21-/m0/s1. The number of carbonyl (C=O) groups excluding carboxylic acids is 4. The quantitative estimate of drug-likeness (QED) is 0.472. The minimum absolute atomic E-state index is 0.0848. The van der Waals surface area contributed by atoms with Crippen LogP contribution in [0.1, 0.15) is 50.4 Å². The highest BCUT2D eigenvalue weighted by molar-refractivity contribution is 6.08. The minimum atomic E-state index is -0.958. The number of urea groups is 1. The van der Waals surface area contributed by atoms with Crippen molar-refractivity contribution in [1.82, 2.24) is 10.2 Å². The zero-order valence-electron chi connectivity index (χ0n) is 17.1. The van der Waals surface area contributed by atoms with Crippen molar-refractivity contribution in [3.05, 3.63) is 29.8 Å². The number of carbonyl (C=O) groups is 4. The number of methoxy groups -OCH3 is 1. The van der Waals surface area contributed by atoms with Gasteiger partial charge in [0, 0.05) is 0 Å². The maximum atomic E-state index is 13.1. The van der Waals surface area contributed by atoms with Crippen molar-refractivity contribution >= 4 is 23.9 Å². The average Bonchev–Trinajstić information content (AvgIpc) is 2.83. The van der Waals surface area contributed by atoms with Crippen LogP contribution in [0.25, 0.3) is 0 Å². The second kappa shape index (κ2) is 7.50. The minimum Gasteiger partial charge on any atom is -0.465 e. The highest BCUT2D eigenvalue weighted by atomic mass is 16.5. The molecule has 1 aromatic rings. The van der Waals surface area contributed by atoms with E-state index in [9.17, 15) is 19.2 Å². The number of nitrogens with one attached hydrogen (secondary N) is 1.